The van der Waals surface area contributed by atoms with Crippen molar-refractivity contribution >= 4 is 5.78 Å². The van der Waals surface area contributed by atoms with Crippen LogP contribution in [-0.4, -0.2) is 45.1 Å². The van der Waals surface area contributed by atoms with Crippen LogP contribution >= 0.6 is 0 Å². The van der Waals surface area contributed by atoms with Crippen molar-refractivity contribution in [2.24, 2.45) is 0 Å². The first-order valence-corrected chi connectivity index (χ1v) is 8.46. The van der Waals surface area contributed by atoms with Crippen LogP contribution in [0.15, 0.2) is 30.3 Å². The maximum absolute atomic E-state index is 12.4. The topological polar surface area (TPSA) is 83.5 Å². The molecule has 3 rings (SSSR count). The van der Waals surface area contributed by atoms with Gasteiger partial charge in [-0.2, -0.15) is 0 Å². The number of carbonyl (C=O) groups excluding carboxylic acids is 1. The number of aliphatic hydroxyl groups is 1. The Kier molecular flexibility index (Phi) is 5.71. The van der Waals surface area contributed by atoms with Gasteiger partial charge in [0.25, 0.3) is 0 Å². The standard InChI is InChI=1S/C20H22O7/c1-23-15-6-4-12(5-7-15)16(22)10-14(21)8-13-9-17(24-2)19-20(18(13)25-3)27-11-26-19/h4-7,9,14,21H,8,10-11H2,1-3H3. The van der Waals surface area contributed by atoms with Gasteiger partial charge < -0.3 is 28.8 Å². The minimum absolute atomic E-state index is 0.0216. The van der Waals surface area contributed by atoms with Gasteiger partial charge in [-0.15, -0.1) is 0 Å². The highest BCUT2D eigenvalue weighted by Crippen LogP contribution is 2.49. The van der Waals surface area contributed by atoms with Crippen LogP contribution in [0.3, 0.4) is 0 Å². The van der Waals surface area contributed by atoms with Crippen molar-refractivity contribution in [3.8, 4) is 28.7 Å². The zero-order chi connectivity index (χ0) is 19.4. The van der Waals surface area contributed by atoms with E-state index in [1.54, 1.807) is 37.4 Å². The number of aliphatic hydroxyl groups excluding tert-OH is 1. The number of fused-ring (bicyclic) bond motifs is 1. The van der Waals surface area contributed by atoms with Gasteiger partial charge in [-0.1, -0.05) is 0 Å². The summed E-state index contributed by atoms with van der Waals surface area (Å²) in [6, 6.07) is 8.51. The zero-order valence-corrected chi connectivity index (χ0v) is 15.5. The summed E-state index contributed by atoms with van der Waals surface area (Å²) in [7, 11) is 4.60. The van der Waals surface area contributed by atoms with Gasteiger partial charge in [-0.25, -0.2) is 0 Å². The number of benzene rings is 2. The molecule has 144 valence electrons. The number of hydrogen-bond acceptors (Lipinski definition) is 7. The molecule has 1 aliphatic rings. The molecule has 0 spiro atoms. The summed E-state index contributed by atoms with van der Waals surface area (Å²) in [6.07, 6.45) is -0.705. The molecule has 1 atom stereocenters. The molecular weight excluding hydrogens is 352 g/mol. The van der Waals surface area contributed by atoms with Crippen molar-refractivity contribution in [2.45, 2.75) is 18.9 Å². The number of hydrogen-bond donors (Lipinski definition) is 1. The Bertz CT molecular complexity index is 814. The third-order valence-corrected chi connectivity index (χ3v) is 4.35. The highest BCUT2D eigenvalue weighted by molar-refractivity contribution is 5.96. The maximum Gasteiger partial charge on any atom is 0.231 e. The Morgan fingerprint density at radius 2 is 1.78 bits per heavy atom. The minimum atomic E-state index is -0.890. The summed E-state index contributed by atoms with van der Waals surface area (Å²) in [6.45, 7) is 0.0734. The Morgan fingerprint density at radius 1 is 1.07 bits per heavy atom. The van der Waals surface area contributed by atoms with Crippen LogP contribution in [0.5, 0.6) is 28.7 Å². The molecule has 0 bridgehead atoms. The molecule has 0 saturated carbocycles. The Morgan fingerprint density at radius 3 is 2.41 bits per heavy atom. The van der Waals surface area contributed by atoms with Gasteiger partial charge in [0.15, 0.2) is 17.3 Å². The van der Waals surface area contributed by atoms with E-state index in [1.165, 1.54) is 14.2 Å². The van der Waals surface area contributed by atoms with Crippen molar-refractivity contribution in [1.82, 2.24) is 0 Å². The molecule has 1 unspecified atom stereocenters. The van der Waals surface area contributed by atoms with Crippen LogP contribution in [0.4, 0.5) is 0 Å². The summed E-state index contributed by atoms with van der Waals surface area (Å²) in [5.41, 5.74) is 1.19. The molecule has 1 aliphatic heterocycles. The molecule has 7 heteroatoms. The Labute approximate surface area is 157 Å². The SMILES string of the molecule is COc1ccc(C(=O)CC(O)Cc2cc(OC)c3c(c2OC)OCO3)cc1. The fourth-order valence-corrected chi connectivity index (χ4v) is 3.03. The summed E-state index contributed by atoms with van der Waals surface area (Å²) in [5.74, 6) is 2.40. The molecule has 1 N–H and O–H groups in total. The highest BCUT2D eigenvalue weighted by atomic mass is 16.7. The molecular formula is C20H22O7. The van der Waals surface area contributed by atoms with E-state index in [2.05, 4.69) is 0 Å². The summed E-state index contributed by atoms with van der Waals surface area (Å²) >= 11 is 0. The van der Waals surface area contributed by atoms with Gasteiger partial charge in [0.1, 0.15) is 5.75 Å². The lowest BCUT2D eigenvalue weighted by Gasteiger charge is -2.16. The molecule has 0 radical (unpaired) electrons. The van der Waals surface area contributed by atoms with Crippen molar-refractivity contribution in [1.29, 1.82) is 0 Å². The second-order valence-corrected chi connectivity index (χ2v) is 6.05. The smallest absolute Gasteiger partial charge is 0.231 e. The average molecular weight is 374 g/mol. The summed E-state index contributed by atoms with van der Waals surface area (Å²) in [5, 5.41) is 10.5. The Hall–Kier alpha value is -2.93. The molecule has 1 heterocycles. The quantitative estimate of drug-likeness (QED) is 0.711. The molecule has 2 aromatic rings. The van der Waals surface area contributed by atoms with Gasteiger partial charge in [0.05, 0.1) is 27.4 Å². The van der Waals surface area contributed by atoms with E-state index in [9.17, 15) is 9.90 Å². The third kappa shape index (κ3) is 3.93. The summed E-state index contributed by atoms with van der Waals surface area (Å²) in [4.78, 5) is 12.4. The van der Waals surface area contributed by atoms with E-state index < -0.39 is 6.10 Å². The van der Waals surface area contributed by atoms with E-state index in [0.29, 0.717) is 39.9 Å². The highest BCUT2D eigenvalue weighted by Gasteiger charge is 2.28. The molecule has 0 saturated heterocycles. The second-order valence-electron chi connectivity index (χ2n) is 6.05. The number of ketones is 1. The monoisotopic (exact) mass is 374 g/mol. The van der Waals surface area contributed by atoms with E-state index >= 15 is 0 Å². The van der Waals surface area contributed by atoms with Crippen LogP contribution in [-0.2, 0) is 6.42 Å². The predicted octanol–water partition coefficient (Wildman–Crippen LogP) is 2.62. The van der Waals surface area contributed by atoms with Gasteiger partial charge in [0.2, 0.25) is 18.3 Å². The first kappa shape index (κ1) is 18.8. The van der Waals surface area contributed by atoms with E-state index in [1.807, 2.05) is 0 Å². The molecule has 2 aromatic carbocycles. The largest absolute Gasteiger partial charge is 0.497 e. The van der Waals surface area contributed by atoms with Crippen molar-refractivity contribution in [3.63, 3.8) is 0 Å². The van der Waals surface area contributed by atoms with Gasteiger partial charge in [0, 0.05) is 24.0 Å². The molecule has 0 aliphatic carbocycles. The zero-order valence-electron chi connectivity index (χ0n) is 15.5. The van der Waals surface area contributed by atoms with Gasteiger partial charge >= 0.3 is 0 Å². The van der Waals surface area contributed by atoms with E-state index in [4.69, 9.17) is 23.7 Å². The molecule has 7 nitrogen and oxygen atoms in total. The van der Waals surface area contributed by atoms with Gasteiger partial charge in [-0.05, 0) is 30.3 Å². The number of methoxy groups -OCH3 is 3. The second kappa shape index (κ2) is 8.18. The number of rotatable bonds is 8. The van der Waals surface area contributed by atoms with E-state index in [0.717, 1.165) is 0 Å². The fraction of sp³-hybridized carbons (Fsp3) is 0.350. The molecule has 0 amide bonds. The van der Waals surface area contributed by atoms with E-state index in [-0.39, 0.29) is 25.4 Å². The molecule has 0 aromatic heterocycles. The number of Topliss-reactive ketones (excluding diaryl/α,β-unsaturated/α-hetero) is 1. The maximum atomic E-state index is 12.4. The first-order chi connectivity index (χ1) is 13.1. The van der Waals surface area contributed by atoms with Crippen LogP contribution < -0.4 is 23.7 Å². The van der Waals surface area contributed by atoms with Gasteiger partial charge in [-0.3, -0.25) is 4.79 Å². The first-order valence-electron chi connectivity index (χ1n) is 8.46. The lowest BCUT2D eigenvalue weighted by atomic mass is 9.99. The van der Waals surface area contributed by atoms with Crippen LogP contribution in [0, 0.1) is 0 Å². The molecule has 0 fully saturated rings. The predicted molar refractivity (Wildman–Crippen MR) is 97.3 cm³/mol. The van der Waals surface area contributed by atoms with Crippen LogP contribution in [0.2, 0.25) is 0 Å². The fourth-order valence-electron chi connectivity index (χ4n) is 3.03. The van der Waals surface area contributed by atoms with Crippen molar-refractivity contribution in [2.75, 3.05) is 28.1 Å². The average Bonchev–Trinajstić information content (AvgIpc) is 3.17. The lowest BCUT2D eigenvalue weighted by Crippen LogP contribution is -2.17. The van der Waals surface area contributed by atoms with Crippen molar-refractivity contribution < 1.29 is 33.6 Å². The lowest BCUT2D eigenvalue weighted by molar-refractivity contribution is 0.0880. The molecule has 27 heavy (non-hydrogen) atoms. The third-order valence-electron chi connectivity index (χ3n) is 4.35. The van der Waals surface area contributed by atoms with Crippen LogP contribution in [0.1, 0.15) is 22.3 Å². The van der Waals surface area contributed by atoms with Crippen LogP contribution in [0.25, 0.3) is 0 Å². The number of ether oxygens (including phenoxy) is 5. The minimum Gasteiger partial charge on any atom is -0.497 e. The van der Waals surface area contributed by atoms with Crippen molar-refractivity contribution in [3.05, 3.63) is 41.5 Å². The summed E-state index contributed by atoms with van der Waals surface area (Å²) < 4.78 is 26.7. The Balaban J connectivity index is 1.75. The normalized spacial score (nSPS) is 13.2. The number of carbonyl (C=O) groups is 1.